The Morgan fingerprint density at radius 3 is 2.75 bits per heavy atom. The van der Waals surface area contributed by atoms with E-state index < -0.39 is 18.6 Å². The summed E-state index contributed by atoms with van der Waals surface area (Å²) in [6.45, 7) is -1.22. The Kier molecular flexibility index (Phi) is 2.69. The zero-order chi connectivity index (χ0) is 11.8. The Labute approximate surface area is 90.6 Å². The molecule has 1 heterocycles. The first kappa shape index (κ1) is 11.1. The Morgan fingerprint density at radius 1 is 1.38 bits per heavy atom. The third-order valence-electron chi connectivity index (χ3n) is 2.42. The van der Waals surface area contributed by atoms with Gasteiger partial charge in [0.05, 0.1) is 6.04 Å². The largest absolute Gasteiger partial charge is 0.454 e. The van der Waals surface area contributed by atoms with Crippen LogP contribution in [0.15, 0.2) is 18.2 Å². The van der Waals surface area contributed by atoms with Crippen molar-refractivity contribution in [2.75, 3.05) is 13.4 Å². The van der Waals surface area contributed by atoms with E-state index in [0.29, 0.717) is 11.5 Å². The summed E-state index contributed by atoms with van der Waals surface area (Å²) in [6.07, 6.45) is 0. The van der Waals surface area contributed by atoms with Crippen LogP contribution in [0.25, 0.3) is 0 Å². The Bertz CT molecular complexity index is 398. The van der Waals surface area contributed by atoms with Gasteiger partial charge in [-0.05, 0) is 17.7 Å². The molecule has 0 fully saturated rings. The molecule has 1 aliphatic rings. The lowest BCUT2D eigenvalue weighted by atomic mass is 10.0. The topological polar surface area (TPSA) is 64.7 Å². The lowest BCUT2D eigenvalue weighted by molar-refractivity contribution is -0.0712. The molecule has 0 amide bonds. The van der Waals surface area contributed by atoms with Gasteiger partial charge in [0.2, 0.25) is 6.79 Å². The number of hydrogen-bond acceptors (Lipinski definition) is 4. The van der Waals surface area contributed by atoms with Gasteiger partial charge in [-0.15, -0.1) is 0 Å². The molecule has 4 nitrogen and oxygen atoms in total. The van der Waals surface area contributed by atoms with E-state index in [4.69, 9.17) is 20.3 Å². The van der Waals surface area contributed by atoms with E-state index in [1.54, 1.807) is 0 Å². The summed E-state index contributed by atoms with van der Waals surface area (Å²) in [7, 11) is 0. The predicted molar refractivity (Wildman–Crippen MR) is 51.5 cm³/mol. The van der Waals surface area contributed by atoms with Crippen LogP contribution < -0.4 is 15.2 Å². The van der Waals surface area contributed by atoms with Gasteiger partial charge in [-0.3, -0.25) is 0 Å². The first-order chi connectivity index (χ1) is 7.54. The molecular formula is C10H11F2NO3. The molecule has 16 heavy (non-hydrogen) atoms. The van der Waals surface area contributed by atoms with Crippen molar-refractivity contribution in [3.63, 3.8) is 0 Å². The molecule has 0 aliphatic carbocycles. The van der Waals surface area contributed by atoms with Crippen molar-refractivity contribution in [3.05, 3.63) is 23.8 Å². The normalized spacial score (nSPS) is 16.2. The molecule has 6 heteroatoms. The van der Waals surface area contributed by atoms with Crippen molar-refractivity contribution in [3.8, 4) is 11.5 Å². The summed E-state index contributed by atoms with van der Waals surface area (Å²) >= 11 is 0. The molecule has 0 bridgehead atoms. The molecule has 0 saturated heterocycles. The number of halogens is 2. The van der Waals surface area contributed by atoms with Crippen LogP contribution in [0.3, 0.4) is 0 Å². The van der Waals surface area contributed by atoms with Gasteiger partial charge in [0.25, 0.3) is 5.92 Å². The number of fused-ring (bicyclic) bond motifs is 1. The quantitative estimate of drug-likeness (QED) is 0.815. The lowest BCUT2D eigenvalue weighted by Crippen LogP contribution is -2.36. The van der Waals surface area contributed by atoms with E-state index in [1.807, 2.05) is 0 Å². The fraction of sp³-hybridized carbons (Fsp3) is 0.400. The summed E-state index contributed by atoms with van der Waals surface area (Å²) < 4.78 is 36.4. The maximum Gasteiger partial charge on any atom is 0.289 e. The first-order valence-electron chi connectivity index (χ1n) is 4.68. The highest BCUT2D eigenvalue weighted by Gasteiger charge is 2.37. The van der Waals surface area contributed by atoms with E-state index >= 15 is 0 Å². The van der Waals surface area contributed by atoms with Gasteiger partial charge in [0.1, 0.15) is 6.61 Å². The SMILES string of the molecule is N[C@@H](c1ccc2c(c1)OCO2)C(F)(F)CO. The number of hydrogen-bond donors (Lipinski definition) is 2. The van der Waals surface area contributed by atoms with Crippen molar-refractivity contribution >= 4 is 0 Å². The summed E-state index contributed by atoms with van der Waals surface area (Å²) in [4.78, 5) is 0. The highest BCUT2D eigenvalue weighted by molar-refractivity contribution is 5.45. The van der Waals surface area contributed by atoms with Crippen LogP contribution in [0, 0.1) is 0 Å². The van der Waals surface area contributed by atoms with Gasteiger partial charge in [-0.2, -0.15) is 0 Å². The highest BCUT2D eigenvalue weighted by atomic mass is 19.3. The molecule has 0 spiro atoms. The molecule has 1 aliphatic heterocycles. The maximum atomic E-state index is 13.1. The highest BCUT2D eigenvalue weighted by Crippen LogP contribution is 2.37. The number of aliphatic hydroxyl groups excluding tert-OH is 1. The number of rotatable bonds is 3. The zero-order valence-electron chi connectivity index (χ0n) is 8.32. The van der Waals surface area contributed by atoms with Crippen LogP contribution >= 0.6 is 0 Å². The second kappa shape index (κ2) is 3.88. The molecule has 0 unspecified atom stereocenters. The van der Waals surface area contributed by atoms with Gasteiger partial charge < -0.3 is 20.3 Å². The molecule has 0 radical (unpaired) electrons. The van der Waals surface area contributed by atoms with E-state index in [2.05, 4.69) is 0 Å². The predicted octanol–water partition coefficient (Wildman–Crippen LogP) is 1.04. The fourth-order valence-electron chi connectivity index (χ4n) is 1.45. The first-order valence-corrected chi connectivity index (χ1v) is 4.68. The van der Waals surface area contributed by atoms with Crippen molar-refractivity contribution in [1.29, 1.82) is 0 Å². The average molecular weight is 231 g/mol. The van der Waals surface area contributed by atoms with E-state index in [9.17, 15) is 8.78 Å². The molecule has 0 saturated carbocycles. The van der Waals surface area contributed by atoms with Crippen LogP contribution in [-0.4, -0.2) is 24.4 Å². The van der Waals surface area contributed by atoms with E-state index in [0.717, 1.165) is 0 Å². The minimum Gasteiger partial charge on any atom is -0.454 e. The third-order valence-corrected chi connectivity index (χ3v) is 2.42. The summed E-state index contributed by atoms with van der Waals surface area (Å²) in [5.74, 6) is -2.46. The summed E-state index contributed by atoms with van der Waals surface area (Å²) in [5, 5.41) is 8.53. The molecule has 88 valence electrons. The monoisotopic (exact) mass is 231 g/mol. The number of ether oxygens (including phenoxy) is 2. The van der Waals surface area contributed by atoms with Crippen LogP contribution in [0.2, 0.25) is 0 Å². The maximum absolute atomic E-state index is 13.1. The van der Waals surface area contributed by atoms with Gasteiger partial charge in [0, 0.05) is 0 Å². The second-order valence-electron chi connectivity index (χ2n) is 3.51. The minimum absolute atomic E-state index is 0.0738. The number of nitrogens with two attached hydrogens (primary N) is 1. The molecule has 0 aromatic heterocycles. The zero-order valence-corrected chi connectivity index (χ0v) is 8.32. The second-order valence-corrected chi connectivity index (χ2v) is 3.51. The molecule has 3 N–H and O–H groups in total. The Morgan fingerprint density at radius 2 is 2.06 bits per heavy atom. The molecular weight excluding hydrogens is 220 g/mol. The molecule has 2 rings (SSSR count). The minimum atomic E-state index is -3.35. The molecule has 1 atom stereocenters. The third kappa shape index (κ3) is 1.81. The molecule has 1 aromatic carbocycles. The van der Waals surface area contributed by atoms with Crippen molar-refractivity contribution < 1.29 is 23.4 Å². The van der Waals surface area contributed by atoms with Gasteiger partial charge in [-0.25, -0.2) is 8.78 Å². The smallest absolute Gasteiger partial charge is 0.289 e. The fourth-order valence-corrected chi connectivity index (χ4v) is 1.45. The van der Waals surface area contributed by atoms with Crippen molar-refractivity contribution in [1.82, 2.24) is 0 Å². The number of benzene rings is 1. The van der Waals surface area contributed by atoms with Crippen LogP contribution in [-0.2, 0) is 0 Å². The van der Waals surface area contributed by atoms with Gasteiger partial charge in [-0.1, -0.05) is 6.07 Å². The van der Waals surface area contributed by atoms with Gasteiger partial charge in [0.15, 0.2) is 11.5 Å². The van der Waals surface area contributed by atoms with Crippen LogP contribution in [0.5, 0.6) is 11.5 Å². The molecule has 1 aromatic rings. The number of alkyl halides is 2. The van der Waals surface area contributed by atoms with Crippen molar-refractivity contribution in [2.24, 2.45) is 5.73 Å². The van der Waals surface area contributed by atoms with Crippen LogP contribution in [0.4, 0.5) is 8.78 Å². The summed E-state index contributed by atoms with van der Waals surface area (Å²) in [6, 6.07) is 2.79. The van der Waals surface area contributed by atoms with Crippen molar-refractivity contribution in [2.45, 2.75) is 12.0 Å². The lowest BCUT2D eigenvalue weighted by Gasteiger charge is -2.21. The van der Waals surface area contributed by atoms with E-state index in [1.165, 1.54) is 18.2 Å². The average Bonchev–Trinajstić information content (AvgIpc) is 2.74. The Balaban J connectivity index is 2.28. The Hall–Kier alpha value is -1.40. The van der Waals surface area contributed by atoms with Crippen LogP contribution in [0.1, 0.15) is 11.6 Å². The van der Waals surface area contributed by atoms with E-state index in [-0.39, 0.29) is 12.4 Å². The standard InChI is InChI=1S/C10H11F2NO3/c11-10(12,4-14)9(13)6-1-2-7-8(3-6)16-5-15-7/h1-3,9,14H,4-5,13H2/t9-/m0/s1. The number of aliphatic hydroxyl groups is 1. The van der Waals surface area contributed by atoms with Gasteiger partial charge >= 0.3 is 0 Å². The summed E-state index contributed by atoms with van der Waals surface area (Å²) in [5.41, 5.74) is 5.57.